The van der Waals surface area contributed by atoms with E-state index in [0.717, 1.165) is 25.7 Å². The van der Waals surface area contributed by atoms with E-state index in [9.17, 15) is 4.79 Å². The van der Waals surface area contributed by atoms with Crippen LogP contribution in [0.2, 0.25) is 0 Å². The van der Waals surface area contributed by atoms with Crippen LogP contribution >= 0.6 is 0 Å². The van der Waals surface area contributed by atoms with Gasteiger partial charge in [0.1, 0.15) is 0 Å². The molecule has 2 amide bonds. The van der Waals surface area contributed by atoms with E-state index in [1.807, 2.05) is 11.8 Å². The highest BCUT2D eigenvalue weighted by molar-refractivity contribution is 5.75. The van der Waals surface area contributed by atoms with Crippen LogP contribution in [0.15, 0.2) is 28.8 Å². The molecule has 28 heavy (non-hydrogen) atoms. The second-order valence-corrected chi connectivity index (χ2v) is 8.10. The van der Waals surface area contributed by atoms with Gasteiger partial charge in [0, 0.05) is 19.0 Å². The average molecular weight is 385 g/mol. The van der Waals surface area contributed by atoms with Crippen LogP contribution in [-0.4, -0.2) is 34.2 Å². The molecule has 1 unspecified atom stereocenters. The molecule has 1 aromatic heterocycles. The highest BCUT2D eigenvalue weighted by Crippen LogP contribution is 2.28. The lowest BCUT2D eigenvalue weighted by molar-refractivity contribution is 0.169. The van der Waals surface area contributed by atoms with Crippen molar-refractivity contribution in [2.45, 2.75) is 65.3 Å². The minimum Gasteiger partial charge on any atom is -0.339 e. The summed E-state index contributed by atoms with van der Waals surface area (Å²) in [6.07, 6.45) is 3.94. The monoisotopic (exact) mass is 384 g/mol. The first kappa shape index (κ1) is 20.4. The number of urea groups is 1. The number of nitrogens with one attached hydrogen (secondary N) is 1. The second kappa shape index (κ2) is 9.22. The SMILES string of the molecule is CCCc1ccc(C(NC(=O)N2CCC(c3nc(C)no3)CC2)C(C)C)cc1. The number of carbonyl (C=O) groups is 1. The van der Waals surface area contributed by atoms with Gasteiger partial charge in [-0.1, -0.05) is 56.6 Å². The number of nitrogens with zero attached hydrogens (tertiary/aromatic N) is 3. The van der Waals surface area contributed by atoms with Gasteiger partial charge in [-0.2, -0.15) is 4.98 Å². The molecule has 1 saturated heterocycles. The average Bonchev–Trinajstić information content (AvgIpc) is 3.13. The van der Waals surface area contributed by atoms with E-state index in [1.165, 1.54) is 11.1 Å². The molecule has 0 radical (unpaired) electrons. The lowest BCUT2D eigenvalue weighted by Gasteiger charge is -2.33. The summed E-state index contributed by atoms with van der Waals surface area (Å²) in [5, 5.41) is 7.13. The van der Waals surface area contributed by atoms with Crippen LogP contribution in [0.1, 0.15) is 74.8 Å². The Bertz CT molecular complexity index is 761. The van der Waals surface area contributed by atoms with Crippen LogP contribution in [0.25, 0.3) is 0 Å². The molecular formula is C22H32N4O2. The summed E-state index contributed by atoms with van der Waals surface area (Å²) in [6.45, 7) is 9.73. The molecule has 1 atom stereocenters. The molecule has 2 heterocycles. The normalized spacial score (nSPS) is 16.4. The topological polar surface area (TPSA) is 71.3 Å². The molecule has 1 N–H and O–H groups in total. The number of hydrogen-bond acceptors (Lipinski definition) is 4. The molecule has 6 nitrogen and oxygen atoms in total. The van der Waals surface area contributed by atoms with Gasteiger partial charge >= 0.3 is 6.03 Å². The molecule has 1 fully saturated rings. The standard InChI is InChI=1S/C22H32N4O2/c1-5-6-17-7-9-18(10-8-17)20(15(2)3)24-22(27)26-13-11-19(12-14-26)21-23-16(4)25-28-21/h7-10,15,19-20H,5-6,11-14H2,1-4H3,(H,24,27). The van der Waals surface area contributed by atoms with E-state index in [2.05, 4.69) is 60.5 Å². The summed E-state index contributed by atoms with van der Waals surface area (Å²) >= 11 is 0. The number of benzene rings is 1. The highest BCUT2D eigenvalue weighted by Gasteiger charge is 2.29. The van der Waals surface area contributed by atoms with Crippen molar-refractivity contribution in [2.75, 3.05) is 13.1 Å². The predicted octanol–water partition coefficient (Wildman–Crippen LogP) is 4.62. The van der Waals surface area contributed by atoms with Gasteiger partial charge in [-0.3, -0.25) is 0 Å². The van der Waals surface area contributed by atoms with Crippen LogP contribution < -0.4 is 5.32 Å². The Balaban J connectivity index is 1.58. The van der Waals surface area contributed by atoms with E-state index < -0.39 is 0 Å². The Hall–Kier alpha value is -2.37. The predicted molar refractivity (Wildman–Crippen MR) is 109 cm³/mol. The number of hydrogen-bond donors (Lipinski definition) is 1. The van der Waals surface area contributed by atoms with Crippen molar-refractivity contribution >= 4 is 6.03 Å². The minimum absolute atomic E-state index is 0.0106. The molecule has 0 aliphatic carbocycles. The van der Waals surface area contributed by atoms with Gasteiger partial charge in [-0.15, -0.1) is 0 Å². The van der Waals surface area contributed by atoms with Gasteiger partial charge < -0.3 is 14.7 Å². The van der Waals surface area contributed by atoms with Gasteiger partial charge in [0.15, 0.2) is 5.82 Å². The van der Waals surface area contributed by atoms with Crippen molar-refractivity contribution in [3.8, 4) is 0 Å². The molecule has 0 spiro atoms. The fourth-order valence-electron chi connectivity index (χ4n) is 3.85. The van der Waals surface area contributed by atoms with Crippen molar-refractivity contribution in [1.82, 2.24) is 20.4 Å². The van der Waals surface area contributed by atoms with Crippen LogP contribution in [0.3, 0.4) is 0 Å². The number of rotatable bonds is 6. The third kappa shape index (κ3) is 4.91. The van der Waals surface area contributed by atoms with E-state index in [1.54, 1.807) is 0 Å². The first-order chi connectivity index (χ1) is 13.5. The highest BCUT2D eigenvalue weighted by atomic mass is 16.5. The Kier molecular flexibility index (Phi) is 6.70. The maximum absolute atomic E-state index is 12.9. The molecule has 3 rings (SSSR count). The van der Waals surface area contributed by atoms with Crippen molar-refractivity contribution in [2.24, 2.45) is 5.92 Å². The van der Waals surface area contributed by atoms with Crippen molar-refractivity contribution in [3.63, 3.8) is 0 Å². The van der Waals surface area contributed by atoms with Gasteiger partial charge in [-0.25, -0.2) is 4.79 Å². The molecule has 1 aromatic carbocycles. The van der Waals surface area contributed by atoms with Crippen molar-refractivity contribution in [1.29, 1.82) is 0 Å². The zero-order chi connectivity index (χ0) is 20.1. The van der Waals surface area contributed by atoms with E-state index in [-0.39, 0.29) is 18.0 Å². The Morgan fingerprint density at radius 1 is 1.25 bits per heavy atom. The number of carbonyl (C=O) groups excluding carboxylic acids is 1. The first-order valence-electron chi connectivity index (χ1n) is 10.4. The second-order valence-electron chi connectivity index (χ2n) is 8.10. The molecule has 2 aromatic rings. The van der Waals surface area contributed by atoms with Crippen LogP contribution in [0, 0.1) is 12.8 Å². The Morgan fingerprint density at radius 2 is 1.93 bits per heavy atom. The molecule has 1 aliphatic rings. The molecule has 0 saturated carbocycles. The summed E-state index contributed by atoms with van der Waals surface area (Å²) in [5.41, 5.74) is 2.51. The molecule has 0 bridgehead atoms. The fourth-order valence-corrected chi connectivity index (χ4v) is 3.85. The molecule has 1 aliphatic heterocycles. The zero-order valence-corrected chi connectivity index (χ0v) is 17.4. The zero-order valence-electron chi connectivity index (χ0n) is 17.4. The number of likely N-dealkylation sites (tertiary alicyclic amines) is 1. The quantitative estimate of drug-likeness (QED) is 0.789. The van der Waals surface area contributed by atoms with Crippen LogP contribution in [0.4, 0.5) is 4.79 Å². The van der Waals surface area contributed by atoms with Gasteiger partial charge in [0.2, 0.25) is 5.89 Å². The lowest BCUT2D eigenvalue weighted by atomic mass is 9.94. The van der Waals surface area contributed by atoms with E-state index in [4.69, 9.17) is 4.52 Å². The third-order valence-electron chi connectivity index (χ3n) is 5.50. The first-order valence-corrected chi connectivity index (χ1v) is 10.4. The smallest absolute Gasteiger partial charge is 0.317 e. The van der Waals surface area contributed by atoms with E-state index >= 15 is 0 Å². The lowest BCUT2D eigenvalue weighted by Crippen LogP contribution is -2.46. The van der Waals surface area contributed by atoms with E-state index in [0.29, 0.717) is 30.7 Å². The van der Waals surface area contributed by atoms with Gasteiger partial charge in [0.25, 0.3) is 0 Å². The maximum atomic E-state index is 12.9. The third-order valence-corrected chi connectivity index (χ3v) is 5.50. The summed E-state index contributed by atoms with van der Waals surface area (Å²) in [4.78, 5) is 19.1. The Labute approximate surface area is 167 Å². The summed E-state index contributed by atoms with van der Waals surface area (Å²) in [7, 11) is 0. The van der Waals surface area contributed by atoms with Crippen LogP contribution in [0.5, 0.6) is 0 Å². The molecular weight excluding hydrogens is 352 g/mol. The van der Waals surface area contributed by atoms with Crippen molar-refractivity contribution < 1.29 is 9.32 Å². The largest absolute Gasteiger partial charge is 0.339 e. The summed E-state index contributed by atoms with van der Waals surface area (Å²) in [6, 6.07) is 8.69. The van der Waals surface area contributed by atoms with Gasteiger partial charge in [-0.05, 0) is 43.2 Å². The number of amides is 2. The number of piperidine rings is 1. The maximum Gasteiger partial charge on any atom is 0.317 e. The Morgan fingerprint density at radius 3 is 2.46 bits per heavy atom. The van der Waals surface area contributed by atoms with Gasteiger partial charge in [0.05, 0.1) is 6.04 Å². The fraction of sp³-hybridized carbons (Fsp3) is 0.591. The summed E-state index contributed by atoms with van der Waals surface area (Å²) < 4.78 is 5.30. The molecule has 6 heteroatoms. The van der Waals surface area contributed by atoms with Crippen LogP contribution in [-0.2, 0) is 6.42 Å². The summed E-state index contributed by atoms with van der Waals surface area (Å²) in [5.74, 6) is 1.93. The molecule has 152 valence electrons. The number of aromatic nitrogens is 2. The number of aryl methyl sites for hydroxylation is 2. The minimum atomic E-state index is 0.0106. The van der Waals surface area contributed by atoms with Crippen molar-refractivity contribution in [3.05, 3.63) is 47.1 Å².